The van der Waals surface area contributed by atoms with E-state index >= 15 is 0 Å². The molecule has 2 atom stereocenters. The third kappa shape index (κ3) is 3.10. The molecule has 3 rings (SSSR count). The van der Waals surface area contributed by atoms with Crippen LogP contribution in [0.4, 0.5) is 0 Å². The molecule has 1 aliphatic carbocycles. The Morgan fingerprint density at radius 2 is 2.00 bits per heavy atom. The second kappa shape index (κ2) is 6.42. The van der Waals surface area contributed by atoms with Gasteiger partial charge in [-0.3, -0.25) is 14.6 Å². The number of hydrogen-bond donors (Lipinski definition) is 1. The summed E-state index contributed by atoms with van der Waals surface area (Å²) in [6, 6.07) is 0.297. The number of nitrogens with one attached hydrogen (secondary N) is 1. The lowest BCUT2D eigenvalue weighted by atomic mass is 9.85. The molecule has 1 aromatic heterocycles. The number of rotatable bonds is 3. The normalized spacial score (nSPS) is 25.4. The standard InChI is InChI=1S/C16H22N4O2/c1-11-4-2-3-5-13(11)19-15(21)12-9-20(10-12)16(22)14-8-17-6-7-18-14/h6-8,11-13H,2-5,9-10H2,1H3,(H,19,21). The first-order valence-electron chi connectivity index (χ1n) is 8.01. The van der Waals surface area contributed by atoms with Gasteiger partial charge in [-0.15, -0.1) is 0 Å². The first kappa shape index (κ1) is 14.9. The Labute approximate surface area is 130 Å². The molecule has 0 aromatic carbocycles. The van der Waals surface area contributed by atoms with Crippen LogP contribution in [0.5, 0.6) is 0 Å². The molecule has 2 unspecified atom stereocenters. The first-order valence-corrected chi connectivity index (χ1v) is 8.01. The quantitative estimate of drug-likeness (QED) is 0.911. The van der Waals surface area contributed by atoms with Crippen molar-refractivity contribution in [2.75, 3.05) is 13.1 Å². The van der Waals surface area contributed by atoms with Gasteiger partial charge in [-0.2, -0.15) is 0 Å². The maximum atomic E-state index is 12.3. The number of nitrogens with zero attached hydrogens (tertiary/aromatic N) is 3. The second-order valence-corrected chi connectivity index (χ2v) is 6.37. The van der Waals surface area contributed by atoms with Gasteiger partial charge in [-0.05, 0) is 18.8 Å². The van der Waals surface area contributed by atoms with Crippen molar-refractivity contribution in [3.8, 4) is 0 Å². The highest BCUT2D eigenvalue weighted by atomic mass is 16.2. The van der Waals surface area contributed by atoms with E-state index in [0.717, 1.165) is 6.42 Å². The number of carbonyl (C=O) groups excluding carboxylic acids is 2. The molecule has 2 amide bonds. The topological polar surface area (TPSA) is 75.2 Å². The molecule has 6 heteroatoms. The Kier molecular flexibility index (Phi) is 4.36. The van der Waals surface area contributed by atoms with Crippen molar-refractivity contribution in [2.24, 2.45) is 11.8 Å². The van der Waals surface area contributed by atoms with Crippen LogP contribution in [0.2, 0.25) is 0 Å². The average Bonchev–Trinajstić information content (AvgIpc) is 2.49. The zero-order chi connectivity index (χ0) is 15.5. The molecule has 1 aromatic rings. The Bertz CT molecular complexity index is 542. The molecule has 2 fully saturated rings. The van der Waals surface area contributed by atoms with Crippen LogP contribution in [0.15, 0.2) is 18.6 Å². The fourth-order valence-corrected chi connectivity index (χ4v) is 3.21. The van der Waals surface area contributed by atoms with Gasteiger partial charge in [0.05, 0.1) is 12.1 Å². The molecule has 0 bridgehead atoms. The van der Waals surface area contributed by atoms with Crippen molar-refractivity contribution < 1.29 is 9.59 Å². The third-order valence-corrected chi connectivity index (χ3v) is 4.76. The Hall–Kier alpha value is -1.98. The lowest BCUT2D eigenvalue weighted by molar-refractivity contribution is -0.130. The van der Waals surface area contributed by atoms with Crippen molar-refractivity contribution in [2.45, 2.75) is 38.6 Å². The molecule has 6 nitrogen and oxygen atoms in total. The highest BCUT2D eigenvalue weighted by Gasteiger charge is 2.37. The van der Waals surface area contributed by atoms with Gasteiger partial charge in [0.15, 0.2) is 0 Å². The number of amides is 2. The molecular formula is C16H22N4O2. The molecular weight excluding hydrogens is 280 g/mol. The summed E-state index contributed by atoms with van der Waals surface area (Å²) in [5, 5.41) is 3.16. The zero-order valence-corrected chi connectivity index (χ0v) is 12.9. The molecule has 118 valence electrons. The summed E-state index contributed by atoms with van der Waals surface area (Å²) >= 11 is 0. The molecule has 2 heterocycles. The maximum absolute atomic E-state index is 12.3. The summed E-state index contributed by atoms with van der Waals surface area (Å²) in [5.41, 5.74) is 0.335. The smallest absolute Gasteiger partial charge is 0.274 e. The summed E-state index contributed by atoms with van der Waals surface area (Å²) < 4.78 is 0. The van der Waals surface area contributed by atoms with E-state index in [1.807, 2.05) is 0 Å². The Balaban J connectivity index is 1.48. The van der Waals surface area contributed by atoms with E-state index in [0.29, 0.717) is 30.7 Å². The molecule has 1 aliphatic heterocycles. The van der Waals surface area contributed by atoms with E-state index in [9.17, 15) is 9.59 Å². The van der Waals surface area contributed by atoms with E-state index in [1.165, 1.54) is 37.9 Å². The van der Waals surface area contributed by atoms with E-state index in [1.54, 1.807) is 4.90 Å². The molecule has 2 aliphatic rings. The minimum atomic E-state index is -0.150. The summed E-state index contributed by atoms with van der Waals surface area (Å²) in [6.07, 6.45) is 9.21. The van der Waals surface area contributed by atoms with Crippen LogP contribution < -0.4 is 5.32 Å². The monoisotopic (exact) mass is 302 g/mol. The summed E-state index contributed by atoms with van der Waals surface area (Å²) in [7, 11) is 0. The minimum absolute atomic E-state index is 0.0851. The largest absolute Gasteiger partial charge is 0.353 e. The van der Waals surface area contributed by atoms with Crippen LogP contribution in [0, 0.1) is 11.8 Å². The van der Waals surface area contributed by atoms with Crippen molar-refractivity contribution in [1.82, 2.24) is 20.2 Å². The van der Waals surface area contributed by atoms with Gasteiger partial charge in [-0.25, -0.2) is 4.98 Å². The Morgan fingerprint density at radius 1 is 1.23 bits per heavy atom. The van der Waals surface area contributed by atoms with Gasteiger partial charge < -0.3 is 10.2 Å². The molecule has 0 spiro atoms. The van der Waals surface area contributed by atoms with E-state index in [2.05, 4.69) is 22.2 Å². The highest BCUT2D eigenvalue weighted by Crippen LogP contribution is 2.25. The lowest BCUT2D eigenvalue weighted by Crippen LogP contribution is -2.57. The van der Waals surface area contributed by atoms with E-state index in [-0.39, 0.29) is 17.7 Å². The fraction of sp³-hybridized carbons (Fsp3) is 0.625. The van der Waals surface area contributed by atoms with Crippen LogP contribution in [-0.2, 0) is 4.79 Å². The van der Waals surface area contributed by atoms with Crippen molar-refractivity contribution in [3.63, 3.8) is 0 Å². The SMILES string of the molecule is CC1CCCCC1NC(=O)C1CN(C(=O)c2cnccn2)C1. The van der Waals surface area contributed by atoms with Gasteiger partial charge >= 0.3 is 0 Å². The summed E-state index contributed by atoms with van der Waals surface area (Å²) in [4.78, 5) is 33.9. The van der Waals surface area contributed by atoms with Gasteiger partial charge in [0.25, 0.3) is 5.91 Å². The van der Waals surface area contributed by atoms with E-state index < -0.39 is 0 Å². The first-order chi connectivity index (χ1) is 10.6. The second-order valence-electron chi connectivity index (χ2n) is 6.37. The molecule has 1 saturated carbocycles. The van der Waals surface area contributed by atoms with Gasteiger partial charge in [-0.1, -0.05) is 19.8 Å². The molecule has 22 heavy (non-hydrogen) atoms. The summed E-state index contributed by atoms with van der Waals surface area (Å²) in [5.74, 6) is 0.398. The number of carbonyl (C=O) groups is 2. The summed E-state index contributed by atoms with van der Waals surface area (Å²) in [6.45, 7) is 3.15. The van der Waals surface area contributed by atoms with Crippen LogP contribution in [-0.4, -0.2) is 45.8 Å². The number of hydrogen-bond acceptors (Lipinski definition) is 4. The minimum Gasteiger partial charge on any atom is -0.353 e. The van der Waals surface area contributed by atoms with Gasteiger partial charge in [0.2, 0.25) is 5.91 Å². The Morgan fingerprint density at radius 3 is 2.68 bits per heavy atom. The lowest BCUT2D eigenvalue weighted by Gasteiger charge is -2.39. The third-order valence-electron chi connectivity index (χ3n) is 4.76. The van der Waals surface area contributed by atoms with Crippen molar-refractivity contribution >= 4 is 11.8 Å². The van der Waals surface area contributed by atoms with Crippen LogP contribution in [0.3, 0.4) is 0 Å². The fourth-order valence-electron chi connectivity index (χ4n) is 3.21. The van der Waals surface area contributed by atoms with Crippen molar-refractivity contribution in [1.29, 1.82) is 0 Å². The van der Waals surface area contributed by atoms with Crippen LogP contribution in [0.1, 0.15) is 43.1 Å². The number of aromatic nitrogens is 2. The maximum Gasteiger partial charge on any atom is 0.274 e. The predicted molar refractivity (Wildman–Crippen MR) is 81.0 cm³/mol. The van der Waals surface area contributed by atoms with Crippen molar-refractivity contribution in [3.05, 3.63) is 24.3 Å². The average molecular weight is 302 g/mol. The molecule has 1 N–H and O–H groups in total. The number of likely N-dealkylation sites (tertiary alicyclic amines) is 1. The van der Waals surface area contributed by atoms with Gasteiger partial charge in [0.1, 0.15) is 5.69 Å². The predicted octanol–water partition coefficient (Wildman–Crippen LogP) is 1.24. The zero-order valence-electron chi connectivity index (χ0n) is 12.9. The highest BCUT2D eigenvalue weighted by molar-refractivity contribution is 5.94. The van der Waals surface area contributed by atoms with E-state index in [4.69, 9.17) is 0 Å². The van der Waals surface area contributed by atoms with Crippen LogP contribution >= 0.6 is 0 Å². The molecule has 1 saturated heterocycles. The molecule has 0 radical (unpaired) electrons. The van der Waals surface area contributed by atoms with Crippen LogP contribution in [0.25, 0.3) is 0 Å². The van der Waals surface area contributed by atoms with Gasteiger partial charge in [0, 0.05) is 31.5 Å².